The first-order chi connectivity index (χ1) is 14.1. The summed E-state index contributed by atoms with van der Waals surface area (Å²) in [5, 5.41) is 12.7. The van der Waals surface area contributed by atoms with Crippen LogP contribution in [-0.4, -0.2) is 37.5 Å². The Balaban J connectivity index is 1.62. The highest BCUT2D eigenvalue weighted by Crippen LogP contribution is 2.28. The first-order valence-corrected chi connectivity index (χ1v) is 11.0. The molecule has 0 saturated heterocycles. The Bertz CT molecular complexity index is 996. The fourth-order valence-electron chi connectivity index (χ4n) is 3.62. The van der Waals surface area contributed by atoms with Crippen LogP contribution in [0.15, 0.2) is 47.9 Å². The summed E-state index contributed by atoms with van der Waals surface area (Å²) in [6, 6.07) is 10.5. The molecule has 29 heavy (non-hydrogen) atoms. The van der Waals surface area contributed by atoms with Crippen molar-refractivity contribution in [2.45, 2.75) is 50.7 Å². The maximum absolute atomic E-state index is 12.4. The van der Waals surface area contributed by atoms with Gasteiger partial charge in [-0.1, -0.05) is 30.7 Å². The van der Waals surface area contributed by atoms with Crippen LogP contribution in [0.5, 0.6) is 0 Å². The number of nitrogens with zero attached hydrogens (tertiary/aromatic N) is 4. The van der Waals surface area contributed by atoms with Gasteiger partial charge in [0, 0.05) is 24.0 Å². The number of aromatic nitrogens is 4. The monoisotopic (exact) mass is 407 g/mol. The number of nitrogens with one attached hydrogen (secondary N) is 1. The molecule has 0 bridgehead atoms. The van der Waals surface area contributed by atoms with Crippen LogP contribution in [0.1, 0.15) is 36.8 Å². The molecule has 0 unspecified atom stereocenters. The highest BCUT2D eigenvalue weighted by atomic mass is 32.2. The molecule has 7 heteroatoms. The van der Waals surface area contributed by atoms with Gasteiger partial charge < -0.3 is 5.32 Å². The van der Waals surface area contributed by atoms with Crippen molar-refractivity contribution in [2.24, 2.45) is 0 Å². The van der Waals surface area contributed by atoms with Gasteiger partial charge in [-0.05, 0) is 62.1 Å². The molecule has 150 valence electrons. The van der Waals surface area contributed by atoms with E-state index in [9.17, 15) is 4.79 Å². The van der Waals surface area contributed by atoms with Crippen LogP contribution in [0.25, 0.3) is 17.1 Å². The van der Waals surface area contributed by atoms with Gasteiger partial charge in [0.05, 0.1) is 11.4 Å². The number of pyridine rings is 1. The van der Waals surface area contributed by atoms with Crippen molar-refractivity contribution in [3.63, 3.8) is 0 Å². The van der Waals surface area contributed by atoms with E-state index in [0.29, 0.717) is 17.0 Å². The molecule has 1 amide bonds. The summed E-state index contributed by atoms with van der Waals surface area (Å²) in [6.45, 7) is 4.19. The topological polar surface area (TPSA) is 72.7 Å². The van der Waals surface area contributed by atoms with Crippen LogP contribution in [0.3, 0.4) is 0 Å². The summed E-state index contributed by atoms with van der Waals surface area (Å²) >= 11 is 1.42. The third-order valence-corrected chi connectivity index (χ3v) is 6.30. The average Bonchev–Trinajstić information content (AvgIpc) is 3.39. The van der Waals surface area contributed by atoms with Crippen molar-refractivity contribution < 1.29 is 4.79 Å². The van der Waals surface area contributed by atoms with E-state index in [1.807, 2.05) is 16.7 Å². The lowest BCUT2D eigenvalue weighted by atomic mass is 10.1. The summed E-state index contributed by atoms with van der Waals surface area (Å²) in [5.74, 6) is 1.13. The smallest absolute Gasteiger partial charge is 0.230 e. The van der Waals surface area contributed by atoms with Crippen molar-refractivity contribution in [3.05, 3.63) is 53.9 Å². The number of amides is 1. The minimum atomic E-state index is 0.0574. The number of hydrogen-bond donors (Lipinski definition) is 1. The lowest BCUT2D eigenvalue weighted by Gasteiger charge is -2.13. The third-order valence-electron chi connectivity index (χ3n) is 5.37. The molecule has 1 N–H and O–H groups in total. The first-order valence-electron chi connectivity index (χ1n) is 9.97. The molecule has 2 aromatic heterocycles. The molecule has 1 aliphatic carbocycles. The van der Waals surface area contributed by atoms with Crippen LogP contribution in [0.2, 0.25) is 0 Å². The fourth-order valence-corrected chi connectivity index (χ4v) is 4.38. The molecule has 6 nitrogen and oxygen atoms in total. The summed E-state index contributed by atoms with van der Waals surface area (Å²) in [6.07, 6.45) is 8.07. The van der Waals surface area contributed by atoms with Gasteiger partial charge in [0.2, 0.25) is 5.91 Å². The molecular weight excluding hydrogens is 382 g/mol. The van der Waals surface area contributed by atoms with E-state index >= 15 is 0 Å². The zero-order valence-corrected chi connectivity index (χ0v) is 17.6. The molecule has 3 aromatic rings. The summed E-state index contributed by atoms with van der Waals surface area (Å²) < 4.78 is 2.02. The second-order valence-electron chi connectivity index (χ2n) is 7.48. The third kappa shape index (κ3) is 4.50. The zero-order valence-electron chi connectivity index (χ0n) is 16.8. The van der Waals surface area contributed by atoms with Crippen molar-refractivity contribution in [1.82, 2.24) is 25.1 Å². The maximum atomic E-state index is 12.4. The molecule has 1 fully saturated rings. The van der Waals surface area contributed by atoms with Gasteiger partial charge in [-0.2, -0.15) is 0 Å². The molecule has 1 saturated carbocycles. The highest BCUT2D eigenvalue weighted by molar-refractivity contribution is 7.99. The Morgan fingerprint density at radius 3 is 2.59 bits per heavy atom. The predicted octanol–water partition coefficient (Wildman–Crippen LogP) is 4.10. The second-order valence-corrected chi connectivity index (χ2v) is 8.43. The first kappa shape index (κ1) is 19.6. The lowest BCUT2D eigenvalue weighted by Crippen LogP contribution is -2.33. The van der Waals surface area contributed by atoms with E-state index in [0.717, 1.165) is 29.9 Å². The molecular formula is C22H25N5OS. The molecule has 1 aliphatic rings. The minimum absolute atomic E-state index is 0.0574. The Kier molecular flexibility index (Phi) is 5.94. The van der Waals surface area contributed by atoms with Crippen LogP contribution in [0.4, 0.5) is 0 Å². The molecule has 4 rings (SSSR count). The van der Waals surface area contributed by atoms with E-state index in [4.69, 9.17) is 0 Å². The molecule has 0 radical (unpaired) electrons. The van der Waals surface area contributed by atoms with Gasteiger partial charge in [0.1, 0.15) is 0 Å². The Labute approximate surface area is 175 Å². The van der Waals surface area contributed by atoms with Crippen molar-refractivity contribution in [3.8, 4) is 17.1 Å². The van der Waals surface area contributed by atoms with E-state index in [2.05, 4.69) is 52.5 Å². The quantitative estimate of drug-likeness (QED) is 0.623. The summed E-state index contributed by atoms with van der Waals surface area (Å²) in [7, 11) is 0. The largest absolute Gasteiger partial charge is 0.353 e. The number of carbonyl (C=O) groups excluding carboxylic acids is 1. The number of thioether (sulfide) groups is 1. The minimum Gasteiger partial charge on any atom is -0.353 e. The van der Waals surface area contributed by atoms with Gasteiger partial charge in [0.25, 0.3) is 0 Å². The van der Waals surface area contributed by atoms with E-state index < -0.39 is 0 Å². The second kappa shape index (κ2) is 8.78. The van der Waals surface area contributed by atoms with Crippen molar-refractivity contribution in [1.29, 1.82) is 0 Å². The lowest BCUT2D eigenvalue weighted by molar-refractivity contribution is -0.119. The number of rotatable bonds is 6. The van der Waals surface area contributed by atoms with Crippen LogP contribution in [0, 0.1) is 13.8 Å². The Morgan fingerprint density at radius 2 is 1.86 bits per heavy atom. The number of hydrogen-bond acceptors (Lipinski definition) is 5. The summed E-state index contributed by atoms with van der Waals surface area (Å²) in [4.78, 5) is 16.5. The average molecular weight is 408 g/mol. The van der Waals surface area contributed by atoms with Gasteiger partial charge in [0.15, 0.2) is 11.0 Å². The fraction of sp³-hybridized carbons (Fsp3) is 0.364. The predicted molar refractivity (Wildman–Crippen MR) is 115 cm³/mol. The standard InChI is InChI=1S/C22H25N5OS/c1-15-7-8-19(13-16(15)2)27-21(17-9-11-23-12-10-17)25-26-22(27)29-14-20(28)24-18-5-3-4-6-18/h7-13,18H,3-6,14H2,1-2H3,(H,24,28). The van der Waals surface area contributed by atoms with E-state index in [1.165, 1.54) is 35.7 Å². The SMILES string of the molecule is Cc1ccc(-n2c(SCC(=O)NC3CCCC3)nnc2-c2ccncc2)cc1C. The molecule has 2 heterocycles. The molecule has 0 atom stereocenters. The summed E-state index contributed by atoms with van der Waals surface area (Å²) in [5.41, 5.74) is 4.36. The van der Waals surface area contributed by atoms with Crippen LogP contribution < -0.4 is 5.32 Å². The van der Waals surface area contributed by atoms with Gasteiger partial charge in [-0.25, -0.2) is 0 Å². The van der Waals surface area contributed by atoms with Crippen LogP contribution in [-0.2, 0) is 4.79 Å². The highest BCUT2D eigenvalue weighted by Gasteiger charge is 2.20. The van der Waals surface area contributed by atoms with Crippen molar-refractivity contribution in [2.75, 3.05) is 5.75 Å². The van der Waals surface area contributed by atoms with Crippen molar-refractivity contribution >= 4 is 17.7 Å². The van der Waals surface area contributed by atoms with Crippen LogP contribution >= 0.6 is 11.8 Å². The van der Waals surface area contributed by atoms with Gasteiger partial charge in [-0.3, -0.25) is 14.3 Å². The number of aryl methyl sites for hydroxylation is 2. The Hall–Kier alpha value is -2.67. The zero-order chi connectivity index (χ0) is 20.2. The normalized spacial score (nSPS) is 14.3. The molecule has 1 aromatic carbocycles. The maximum Gasteiger partial charge on any atom is 0.230 e. The molecule has 0 spiro atoms. The van der Waals surface area contributed by atoms with E-state index in [-0.39, 0.29) is 5.91 Å². The number of carbonyl (C=O) groups is 1. The van der Waals surface area contributed by atoms with Gasteiger partial charge in [-0.15, -0.1) is 10.2 Å². The Morgan fingerprint density at radius 1 is 1.10 bits per heavy atom. The number of benzene rings is 1. The van der Waals surface area contributed by atoms with E-state index in [1.54, 1.807) is 12.4 Å². The molecule has 0 aliphatic heterocycles. The van der Waals surface area contributed by atoms with Gasteiger partial charge >= 0.3 is 0 Å².